The quantitative estimate of drug-likeness (QED) is 0.909. The molecule has 21 heavy (non-hydrogen) atoms. The third kappa shape index (κ3) is 3.32. The molecular weight excluding hydrogens is 282 g/mol. The SMILES string of the molecule is CCNC(c1cccc(C2CCC2)c1)C1CCS(=O)(=O)C1. The van der Waals surface area contributed by atoms with Crippen molar-refractivity contribution in [1.82, 2.24) is 5.32 Å². The summed E-state index contributed by atoms with van der Waals surface area (Å²) in [5, 5.41) is 3.52. The third-order valence-electron chi connectivity index (χ3n) is 5.01. The van der Waals surface area contributed by atoms with Crippen molar-refractivity contribution in [3.05, 3.63) is 35.4 Å². The van der Waals surface area contributed by atoms with Crippen LogP contribution in [0.4, 0.5) is 0 Å². The van der Waals surface area contributed by atoms with Crippen LogP contribution in [0, 0.1) is 5.92 Å². The van der Waals surface area contributed by atoms with Crippen molar-refractivity contribution in [3.8, 4) is 0 Å². The maximum atomic E-state index is 11.8. The van der Waals surface area contributed by atoms with Crippen LogP contribution in [0.1, 0.15) is 55.7 Å². The first kappa shape index (κ1) is 15.0. The van der Waals surface area contributed by atoms with Gasteiger partial charge >= 0.3 is 0 Å². The van der Waals surface area contributed by atoms with Crippen LogP contribution in [0.5, 0.6) is 0 Å². The summed E-state index contributed by atoms with van der Waals surface area (Å²) in [6, 6.07) is 8.99. The highest BCUT2D eigenvalue weighted by molar-refractivity contribution is 7.91. The minimum Gasteiger partial charge on any atom is -0.310 e. The topological polar surface area (TPSA) is 46.2 Å². The molecule has 0 spiro atoms. The van der Waals surface area contributed by atoms with Gasteiger partial charge in [0.2, 0.25) is 0 Å². The van der Waals surface area contributed by atoms with Crippen LogP contribution < -0.4 is 5.32 Å². The monoisotopic (exact) mass is 307 g/mol. The number of hydrogen-bond acceptors (Lipinski definition) is 3. The number of sulfone groups is 1. The van der Waals surface area contributed by atoms with Gasteiger partial charge in [-0.15, -0.1) is 0 Å². The molecule has 1 N–H and O–H groups in total. The summed E-state index contributed by atoms with van der Waals surface area (Å²) in [4.78, 5) is 0. The number of benzene rings is 1. The van der Waals surface area contributed by atoms with Crippen LogP contribution in [-0.4, -0.2) is 26.5 Å². The first-order valence-electron chi connectivity index (χ1n) is 8.13. The molecule has 4 heteroatoms. The maximum Gasteiger partial charge on any atom is 0.150 e. The lowest BCUT2D eigenvalue weighted by Crippen LogP contribution is -2.29. The molecule has 0 radical (unpaired) electrons. The summed E-state index contributed by atoms with van der Waals surface area (Å²) in [6.07, 6.45) is 4.72. The van der Waals surface area contributed by atoms with Gasteiger partial charge in [0, 0.05) is 6.04 Å². The normalized spacial score (nSPS) is 26.4. The molecule has 1 aromatic carbocycles. The first-order valence-corrected chi connectivity index (χ1v) is 9.95. The molecule has 0 aromatic heterocycles. The average Bonchev–Trinajstić information content (AvgIpc) is 2.74. The Balaban J connectivity index is 1.83. The fourth-order valence-corrected chi connectivity index (χ4v) is 5.45. The van der Waals surface area contributed by atoms with Crippen LogP contribution in [0.15, 0.2) is 24.3 Å². The van der Waals surface area contributed by atoms with Crippen LogP contribution >= 0.6 is 0 Å². The number of rotatable bonds is 5. The largest absolute Gasteiger partial charge is 0.310 e. The molecule has 3 nitrogen and oxygen atoms in total. The van der Waals surface area contributed by atoms with Gasteiger partial charge < -0.3 is 5.32 Å². The van der Waals surface area contributed by atoms with Gasteiger partial charge in [0.25, 0.3) is 0 Å². The lowest BCUT2D eigenvalue weighted by molar-refractivity contribution is 0.396. The van der Waals surface area contributed by atoms with Crippen molar-refractivity contribution in [2.75, 3.05) is 18.1 Å². The molecule has 1 saturated carbocycles. The van der Waals surface area contributed by atoms with Crippen LogP contribution in [0.25, 0.3) is 0 Å². The van der Waals surface area contributed by atoms with Gasteiger partial charge in [0.05, 0.1) is 11.5 Å². The van der Waals surface area contributed by atoms with E-state index in [0.717, 1.165) is 18.9 Å². The van der Waals surface area contributed by atoms with Crippen LogP contribution in [0.3, 0.4) is 0 Å². The Morgan fingerprint density at radius 3 is 2.67 bits per heavy atom. The Bertz CT molecular complexity index is 593. The molecule has 2 atom stereocenters. The van der Waals surface area contributed by atoms with Crippen LogP contribution in [-0.2, 0) is 9.84 Å². The van der Waals surface area contributed by atoms with Gasteiger partial charge in [-0.05, 0) is 48.8 Å². The second-order valence-electron chi connectivity index (χ2n) is 6.50. The Hall–Kier alpha value is -0.870. The van der Waals surface area contributed by atoms with E-state index in [-0.39, 0.29) is 12.0 Å². The summed E-state index contributed by atoms with van der Waals surface area (Å²) in [7, 11) is -2.83. The lowest BCUT2D eigenvalue weighted by atomic mass is 9.79. The van der Waals surface area contributed by atoms with Crippen molar-refractivity contribution < 1.29 is 8.42 Å². The molecular formula is C17H25NO2S. The molecule has 1 heterocycles. The predicted molar refractivity (Wildman–Crippen MR) is 86.2 cm³/mol. The van der Waals surface area contributed by atoms with Gasteiger partial charge in [-0.3, -0.25) is 0 Å². The molecule has 1 aliphatic heterocycles. The highest BCUT2D eigenvalue weighted by Crippen LogP contribution is 2.38. The van der Waals surface area contributed by atoms with E-state index in [1.54, 1.807) is 0 Å². The van der Waals surface area contributed by atoms with E-state index in [0.29, 0.717) is 11.5 Å². The lowest BCUT2D eigenvalue weighted by Gasteiger charge is -2.28. The smallest absolute Gasteiger partial charge is 0.150 e. The van der Waals surface area contributed by atoms with Crippen molar-refractivity contribution in [3.63, 3.8) is 0 Å². The zero-order valence-corrected chi connectivity index (χ0v) is 13.5. The molecule has 116 valence electrons. The molecule has 1 aliphatic carbocycles. The third-order valence-corrected chi connectivity index (χ3v) is 6.80. The van der Waals surface area contributed by atoms with E-state index in [4.69, 9.17) is 0 Å². The van der Waals surface area contributed by atoms with E-state index in [9.17, 15) is 8.42 Å². The molecule has 1 aromatic rings. The summed E-state index contributed by atoms with van der Waals surface area (Å²) in [5.41, 5.74) is 2.70. The number of nitrogens with one attached hydrogen (secondary N) is 1. The van der Waals surface area contributed by atoms with Crippen molar-refractivity contribution >= 4 is 9.84 Å². The van der Waals surface area contributed by atoms with E-state index in [2.05, 4.69) is 36.5 Å². The molecule has 2 unspecified atom stereocenters. The predicted octanol–water partition coefficient (Wildman–Crippen LogP) is 3.04. The van der Waals surface area contributed by atoms with Gasteiger partial charge in [0.1, 0.15) is 0 Å². The van der Waals surface area contributed by atoms with Crippen LogP contribution in [0.2, 0.25) is 0 Å². The van der Waals surface area contributed by atoms with Gasteiger partial charge in [-0.2, -0.15) is 0 Å². The Morgan fingerprint density at radius 1 is 1.29 bits per heavy atom. The molecule has 2 aliphatic rings. The number of hydrogen-bond donors (Lipinski definition) is 1. The minimum atomic E-state index is -2.83. The highest BCUT2D eigenvalue weighted by Gasteiger charge is 2.34. The van der Waals surface area contributed by atoms with Crippen molar-refractivity contribution in [2.45, 2.75) is 44.6 Å². The van der Waals surface area contributed by atoms with Gasteiger partial charge in [0.15, 0.2) is 9.84 Å². The maximum absolute atomic E-state index is 11.8. The zero-order valence-electron chi connectivity index (χ0n) is 12.7. The highest BCUT2D eigenvalue weighted by atomic mass is 32.2. The summed E-state index contributed by atoms with van der Waals surface area (Å²) >= 11 is 0. The molecule has 0 amide bonds. The molecule has 2 fully saturated rings. The van der Waals surface area contributed by atoms with E-state index >= 15 is 0 Å². The minimum absolute atomic E-state index is 0.173. The van der Waals surface area contributed by atoms with Gasteiger partial charge in [-0.25, -0.2) is 8.42 Å². The standard InChI is InChI=1S/C17H25NO2S/c1-2-18-17(16-9-10-21(19,20)12-16)15-8-4-7-14(11-15)13-5-3-6-13/h4,7-8,11,13,16-18H,2-3,5-6,9-10,12H2,1H3. The first-order chi connectivity index (χ1) is 10.1. The second-order valence-corrected chi connectivity index (χ2v) is 8.73. The van der Waals surface area contributed by atoms with Crippen molar-refractivity contribution in [1.29, 1.82) is 0 Å². The molecule has 3 rings (SSSR count). The van der Waals surface area contributed by atoms with Gasteiger partial charge in [-0.1, -0.05) is 37.6 Å². The summed E-state index contributed by atoms with van der Waals surface area (Å²) in [5.74, 6) is 1.62. The summed E-state index contributed by atoms with van der Waals surface area (Å²) in [6.45, 7) is 2.96. The fraction of sp³-hybridized carbons (Fsp3) is 0.647. The van der Waals surface area contributed by atoms with E-state index in [1.165, 1.54) is 30.4 Å². The average molecular weight is 307 g/mol. The van der Waals surface area contributed by atoms with Crippen molar-refractivity contribution in [2.24, 2.45) is 5.92 Å². The fourth-order valence-electron chi connectivity index (χ4n) is 3.61. The van der Waals surface area contributed by atoms with E-state index in [1.807, 2.05) is 0 Å². The molecule has 1 saturated heterocycles. The Labute approximate surface area is 128 Å². The Kier molecular flexibility index (Phi) is 4.36. The zero-order chi connectivity index (χ0) is 14.9. The van der Waals surface area contributed by atoms with E-state index < -0.39 is 9.84 Å². The molecule has 0 bridgehead atoms. The summed E-state index contributed by atoms with van der Waals surface area (Å²) < 4.78 is 23.6. The Morgan fingerprint density at radius 2 is 2.10 bits per heavy atom. The second kappa shape index (κ2) is 6.09.